The average Bonchev–Trinajstić information content (AvgIpc) is 2.84. The molecule has 0 aliphatic rings. The molecule has 108 valence electrons. The number of rotatable bonds is 2. The van der Waals surface area contributed by atoms with Crippen LogP contribution in [0.2, 0.25) is 0 Å². The molecule has 0 atom stereocenters. The smallest absolute Gasteiger partial charge is 0.177 e. The van der Waals surface area contributed by atoms with E-state index < -0.39 is 9.84 Å². The van der Waals surface area contributed by atoms with Crippen LogP contribution < -0.4 is 5.73 Å². The lowest BCUT2D eigenvalue weighted by Crippen LogP contribution is -1.97. The first-order valence-corrected chi connectivity index (χ1v) is 8.31. The number of para-hydroxylation sites is 1. The summed E-state index contributed by atoms with van der Waals surface area (Å²) in [4.78, 5) is 7.85. The molecule has 0 aliphatic heterocycles. The minimum atomic E-state index is -3.32. The van der Waals surface area contributed by atoms with Crippen LogP contribution in [0.4, 0.5) is 5.69 Å². The zero-order valence-electron chi connectivity index (χ0n) is 11.7. The second-order valence-electron chi connectivity index (χ2n) is 5.03. The minimum absolute atomic E-state index is 0.226. The SMILES string of the molecule is Cc1c(N)cccc1-c1nc2c(S(C)(=O)=O)cccc2[nH]1. The van der Waals surface area contributed by atoms with Crippen LogP contribution >= 0.6 is 0 Å². The number of fused-ring (bicyclic) bond motifs is 1. The van der Waals surface area contributed by atoms with Gasteiger partial charge in [0.05, 0.1) is 10.4 Å². The van der Waals surface area contributed by atoms with Gasteiger partial charge in [-0.25, -0.2) is 13.4 Å². The fourth-order valence-corrected chi connectivity index (χ4v) is 3.18. The molecule has 2 aromatic carbocycles. The molecule has 0 bridgehead atoms. The Balaban J connectivity index is 2.30. The Morgan fingerprint density at radius 1 is 1.14 bits per heavy atom. The van der Waals surface area contributed by atoms with Gasteiger partial charge in [-0.1, -0.05) is 18.2 Å². The van der Waals surface area contributed by atoms with E-state index in [4.69, 9.17) is 5.73 Å². The summed E-state index contributed by atoms with van der Waals surface area (Å²) in [6, 6.07) is 10.7. The number of hydrogen-bond acceptors (Lipinski definition) is 4. The lowest BCUT2D eigenvalue weighted by atomic mass is 10.1. The molecule has 3 rings (SSSR count). The standard InChI is InChI=1S/C15H15N3O2S/c1-9-10(5-3-6-11(9)16)15-17-12-7-4-8-13(14(12)18-15)21(2,19)20/h3-8H,16H2,1-2H3,(H,17,18). The highest BCUT2D eigenvalue weighted by Gasteiger charge is 2.16. The highest BCUT2D eigenvalue weighted by atomic mass is 32.2. The number of anilines is 1. The van der Waals surface area contributed by atoms with E-state index in [0.29, 0.717) is 22.5 Å². The number of benzene rings is 2. The number of nitrogen functional groups attached to an aromatic ring is 1. The molecule has 5 nitrogen and oxygen atoms in total. The van der Waals surface area contributed by atoms with E-state index in [9.17, 15) is 8.42 Å². The van der Waals surface area contributed by atoms with Crippen LogP contribution in [0.5, 0.6) is 0 Å². The summed E-state index contributed by atoms with van der Waals surface area (Å²) < 4.78 is 23.7. The van der Waals surface area contributed by atoms with Crippen LogP contribution in [0.1, 0.15) is 5.56 Å². The fraction of sp³-hybridized carbons (Fsp3) is 0.133. The first-order chi connectivity index (χ1) is 9.88. The van der Waals surface area contributed by atoms with E-state index in [1.165, 1.54) is 6.26 Å². The van der Waals surface area contributed by atoms with Crippen LogP contribution in [0.3, 0.4) is 0 Å². The third kappa shape index (κ3) is 2.27. The van der Waals surface area contributed by atoms with Gasteiger partial charge in [0, 0.05) is 17.5 Å². The summed E-state index contributed by atoms with van der Waals surface area (Å²) in [6.45, 7) is 1.91. The molecule has 0 fully saturated rings. The number of aromatic amines is 1. The van der Waals surface area contributed by atoms with Crippen LogP contribution in [0.15, 0.2) is 41.3 Å². The molecular formula is C15H15N3O2S. The van der Waals surface area contributed by atoms with Crippen molar-refractivity contribution in [3.63, 3.8) is 0 Å². The summed E-state index contributed by atoms with van der Waals surface area (Å²) in [7, 11) is -3.32. The second-order valence-corrected chi connectivity index (χ2v) is 7.01. The van der Waals surface area contributed by atoms with Crippen molar-refractivity contribution in [1.29, 1.82) is 0 Å². The molecule has 3 aromatic rings. The lowest BCUT2D eigenvalue weighted by Gasteiger charge is -2.04. The van der Waals surface area contributed by atoms with Gasteiger partial charge in [-0.3, -0.25) is 0 Å². The number of nitrogens with zero attached hydrogens (tertiary/aromatic N) is 1. The summed E-state index contributed by atoms with van der Waals surface area (Å²) in [5, 5.41) is 0. The molecule has 0 saturated carbocycles. The first kappa shape index (κ1) is 13.6. The van der Waals surface area contributed by atoms with Gasteiger partial charge >= 0.3 is 0 Å². The largest absolute Gasteiger partial charge is 0.398 e. The second kappa shape index (κ2) is 4.60. The third-order valence-corrected chi connectivity index (χ3v) is 4.63. The van der Waals surface area contributed by atoms with Crippen molar-refractivity contribution in [2.45, 2.75) is 11.8 Å². The third-order valence-electron chi connectivity index (χ3n) is 3.51. The normalized spacial score (nSPS) is 11.9. The van der Waals surface area contributed by atoms with Crippen molar-refractivity contribution in [2.24, 2.45) is 0 Å². The maximum absolute atomic E-state index is 11.8. The highest BCUT2D eigenvalue weighted by molar-refractivity contribution is 7.91. The molecule has 1 heterocycles. The Labute approximate surface area is 122 Å². The average molecular weight is 301 g/mol. The first-order valence-electron chi connectivity index (χ1n) is 6.42. The van der Waals surface area contributed by atoms with Crippen molar-refractivity contribution in [3.05, 3.63) is 42.0 Å². The Bertz CT molecular complexity index is 943. The maximum atomic E-state index is 11.8. The molecule has 0 aliphatic carbocycles. The van der Waals surface area contributed by atoms with Crippen LogP contribution in [-0.4, -0.2) is 24.6 Å². The fourth-order valence-electron chi connectivity index (χ4n) is 2.34. The van der Waals surface area contributed by atoms with Crippen molar-refractivity contribution < 1.29 is 8.42 Å². The quantitative estimate of drug-likeness (QED) is 0.712. The Hall–Kier alpha value is -2.34. The van der Waals surface area contributed by atoms with E-state index >= 15 is 0 Å². The van der Waals surface area contributed by atoms with E-state index in [-0.39, 0.29) is 4.90 Å². The van der Waals surface area contributed by atoms with E-state index in [2.05, 4.69) is 9.97 Å². The van der Waals surface area contributed by atoms with Crippen LogP contribution in [0, 0.1) is 6.92 Å². The van der Waals surface area contributed by atoms with Crippen LogP contribution in [0.25, 0.3) is 22.4 Å². The van der Waals surface area contributed by atoms with Gasteiger partial charge in [-0.05, 0) is 30.7 Å². The summed E-state index contributed by atoms with van der Waals surface area (Å²) in [6.07, 6.45) is 1.18. The Kier molecular flexibility index (Phi) is 2.98. The molecule has 0 amide bonds. The molecule has 6 heteroatoms. The van der Waals surface area contributed by atoms with E-state index in [0.717, 1.165) is 11.1 Å². The number of imidazole rings is 1. The Morgan fingerprint density at radius 2 is 1.86 bits per heavy atom. The van der Waals surface area contributed by atoms with E-state index in [1.54, 1.807) is 12.1 Å². The highest BCUT2D eigenvalue weighted by Crippen LogP contribution is 2.29. The van der Waals surface area contributed by atoms with Crippen molar-refractivity contribution in [1.82, 2.24) is 9.97 Å². The van der Waals surface area contributed by atoms with Crippen molar-refractivity contribution in [2.75, 3.05) is 12.0 Å². The number of hydrogen-bond donors (Lipinski definition) is 2. The molecular weight excluding hydrogens is 286 g/mol. The zero-order chi connectivity index (χ0) is 15.2. The minimum Gasteiger partial charge on any atom is -0.398 e. The molecule has 3 N–H and O–H groups in total. The number of H-pyrrole nitrogens is 1. The van der Waals surface area contributed by atoms with Gasteiger partial charge in [0.15, 0.2) is 9.84 Å². The van der Waals surface area contributed by atoms with Gasteiger partial charge in [0.1, 0.15) is 11.3 Å². The zero-order valence-corrected chi connectivity index (χ0v) is 12.5. The summed E-state index contributed by atoms with van der Waals surface area (Å²) in [5.41, 5.74) is 9.52. The number of nitrogens with two attached hydrogens (primary N) is 1. The van der Waals surface area contributed by atoms with Gasteiger partial charge in [0.25, 0.3) is 0 Å². The van der Waals surface area contributed by atoms with Crippen molar-refractivity contribution in [3.8, 4) is 11.4 Å². The monoisotopic (exact) mass is 301 g/mol. The van der Waals surface area contributed by atoms with Gasteiger partial charge in [-0.2, -0.15) is 0 Å². The van der Waals surface area contributed by atoms with Gasteiger partial charge in [0.2, 0.25) is 0 Å². The maximum Gasteiger partial charge on any atom is 0.177 e. The molecule has 0 saturated heterocycles. The summed E-state index contributed by atoms with van der Waals surface area (Å²) in [5.74, 6) is 0.617. The predicted octanol–water partition coefficient (Wildman–Crippen LogP) is 2.52. The summed E-state index contributed by atoms with van der Waals surface area (Å²) >= 11 is 0. The van der Waals surface area contributed by atoms with Crippen molar-refractivity contribution >= 4 is 26.6 Å². The van der Waals surface area contributed by atoms with E-state index in [1.807, 2.05) is 31.2 Å². The molecule has 0 spiro atoms. The molecule has 1 aromatic heterocycles. The number of aromatic nitrogens is 2. The topological polar surface area (TPSA) is 88.8 Å². The molecule has 0 radical (unpaired) electrons. The molecule has 21 heavy (non-hydrogen) atoms. The van der Waals surface area contributed by atoms with Crippen LogP contribution in [-0.2, 0) is 9.84 Å². The predicted molar refractivity (Wildman–Crippen MR) is 83.8 cm³/mol. The number of sulfone groups is 1. The lowest BCUT2D eigenvalue weighted by molar-refractivity contribution is 0.602. The Morgan fingerprint density at radius 3 is 2.57 bits per heavy atom. The van der Waals surface area contributed by atoms with Gasteiger partial charge in [-0.15, -0.1) is 0 Å². The van der Waals surface area contributed by atoms with Gasteiger partial charge < -0.3 is 10.7 Å². The number of nitrogens with one attached hydrogen (secondary N) is 1. The molecule has 0 unspecified atom stereocenters.